The molecule has 6 nitrogen and oxygen atoms in total. The quantitative estimate of drug-likeness (QED) is 0.556. The van der Waals surface area contributed by atoms with Gasteiger partial charge in [0, 0.05) is 24.4 Å². The van der Waals surface area contributed by atoms with Crippen molar-refractivity contribution in [1.82, 2.24) is 4.90 Å². The molecule has 27 heavy (non-hydrogen) atoms. The Bertz CT molecular complexity index is 830. The maximum atomic E-state index is 12.5. The molecule has 7 heteroatoms. The monoisotopic (exact) mass is 386 g/mol. The molecule has 0 aliphatic heterocycles. The molecular formula is C20H22N2O4S. The Kier molecular flexibility index (Phi) is 7.31. The van der Waals surface area contributed by atoms with Gasteiger partial charge in [-0.2, -0.15) is 0 Å². The Morgan fingerprint density at radius 1 is 1.26 bits per heavy atom. The van der Waals surface area contributed by atoms with E-state index in [0.29, 0.717) is 16.1 Å². The van der Waals surface area contributed by atoms with Crippen molar-refractivity contribution in [3.05, 3.63) is 53.9 Å². The van der Waals surface area contributed by atoms with E-state index in [9.17, 15) is 14.4 Å². The van der Waals surface area contributed by atoms with Gasteiger partial charge >= 0.3 is 5.97 Å². The zero-order valence-electron chi connectivity index (χ0n) is 15.4. The van der Waals surface area contributed by atoms with Crippen LogP contribution in [0.3, 0.4) is 0 Å². The zero-order valence-corrected chi connectivity index (χ0v) is 16.2. The van der Waals surface area contributed by atoms with Crippen molar-refractivity contribution in [3.8, 4) is 11.1 Å². The summed E-state index contributed by atoms with van der Waals surface area (Å²) < 4.78 is 5.17. The van der Waals surface area contributed by atoms with Gasteiger partial charge in [0.15, 0.2) is 0 Å². The first-order valence-corrected chi connectivity index (χ1v) is 9.36. The summed E-state index contributed by atoms with van der Waals surface area (Å²) >= 11 is 1.25. The molecule has 1 aromatic carbocycles. The summed E-state index contributed by atoms with van der Waals surface area (Å²) in [6.07, 6.45) is 1.55. The number of hydrogen-bond donors (Lipinski definition) is 1. The van der Waals surface area contributed by atoms with Crippen LogP contribution < -0.4 is 5.32 Å². The highest BCUT2D eigenvalue weighted by molar-refractivity contribution is 7.15. The third kappa shape index (κ3) is 5.27. The van der Waals surface area contributed by atoms with Crippen LogP contribution in [-0.2, 0) is 14.3 Å². The van der Waals surface area contributed by atoms with Crippen molar-refractivity contribution in [2.75, 3.05) is 25.0 Å². The van der Waals surface area contributed by atoms with E-state index in [-0.39, 0.29) is 31.5 Å². The van der Waals surface area contributed by atoms with Crippen molar-refractivity contribution in [3.63, 3.8) is 0 Å². The van der Waals surface area contributed by atoms with Crippen LogP contribution in [0.15, 0.2) is 48.4 Å². The summed E-state index contributed by atoms with van der Waals surface area (Å²) in [5.74, 6) is -1.12. The third-order valence-corrected chi connectivity index (χ3v) is 4.63. The molecule has 1 aromatic heterocycles. The van der Waals surface area contributed by atoms with E-state index in [0.717, 1.165) is 5.56 Å². The molecule has 0 aliphatic carbocycles. The fourth-order valence-electron chi connectivity index (χ4n) is 2.49. The second-order valence-corrected chi connectivity index (χ2v) is 6.56. The highest BCUT2D eigenvalue weighted by atomic mass is 32.1. The van der Waals surface area contributed by atoms with Gasteiger partial charge in [0.2, 0.25) is 11.8 Å². The average molecular weight is 386 g/mol. The van der Waals surface area contributed by atoms with Gasteiger partial charge in [0.1, 0.15) is 17.1 Å². The van der Waals surface area contributed by atoms with Gasteiger partial charge in [-0.25, -0.2) is 4.79 Å². The topological polar surface area (TPSA) is 75.7 Å². The Labute approximate surface area is 162 Å². The van der Waals surface area contributed by atoms with Crippen LogP contribution in [0, 0.1) is 0 Å². The minimum atomic E-state index is -0.498. The molecule has 0 saturated carbocycles. The van der Waals surface area contributed by atoms with E-state index < -0.39 is 5.97 Å². The summed E-state index contributed by atoms with van der Waals surface area (Å²) in [6.45, 7) is 7.08. The standard InChI is InChI=1S/C20H22N2O4S/c1-4-11-22(14(3)23)12-17(24)21-19-18(20(25)26-5-2)16(13-27-19)15-9-7-6-8-10-15/h4,6-10,13H,1,5,11-12H2,2-3H3,(H,21,24). The minimum Gasteiger partial charge on any atom is -0.462 e. The maximum absolute atomic E-state index is 12.5. The molecule has 0 atom stereocenters. The number of benzene rings is 1. The van der Waals surface area contributed by atoms with Crippen LogP contribution in [-0.4, -0.2) is 42.4 Å². The molecule has 0 radical (unpaired) electrons. The van der Waals surface area contributed by atoms with Crippen LogP contribution in [0.4, 0.5) is 5.00 Å². The van der Waals surface area contributed by atoms with E-state index in [1.165, 1.54) is 23.2 Å². The highest BCUT2D eigenvalue weighted by Crippen LogP contribution is 2.36. The van der Waals surface area contributed by atoms with Gasteiger partial charge in [0.25, 0.3) is 0 Å². The number of anilines is 1. The first-order valence-electron chi connectivity index (χ1n) is 8.48. The van der Waals surface area contributed by atoms with E-state index in [1.807, 2.05) is 35.7 Å². The first-order chi connectivity index (χ1) is 13.0. The number of carbonyl (C=O) groups is 3. The third-order valence-electron chi connectivity index (χ3n) is 3.74. The number of amides is 2. The summed E-state index contributed by atoms with van der Waals surface area (Å²) in [4.78, 5) is 37.8. The number of carbonyl (C=O) groups excluding carboxylic acids is 3. The number of nitrogens with zero attached hydrogens (tertiary/aromatic N) is 1. The molecule has 0 aliphatic rings. The minimum absolute atomic E-state index is 0.123. The predicted molar refractivity (Wildman–Crippen MR) is 107 cm³/mol. The van der Waals surface area contributed by atoms with E-state index in [2.05, 4.69) is 11.9 Å². The Balaban J connectivity index is 2.29. The maximum Gasteiger partial charge on any atom is 0.341 e. The van der Waals surface area contributed by atoms with Crippen LogP contribution in [0.1, 0.15) is 24.2 Å². The van der Waals surface area contributed by atoms with Crippen molar-refractivity contribution in [1.29, 1.82) is 0 Å². The summed E-state index contributed by atoms with van der Waals surface area (Å²) in [7, 11) is 0. The largest absolute Gasteiger partial charge is 0.462 e. The number of rotatable bonds is 8. The molecule has 0 saturated heterocycles. The van der Waals surface area contributed by atoms with Crippen LogP contribution >= 0.6 is 11.3 Å². The fraction of sp³-hybridized carbons (Fsp3) is 0.250. The zero-order chi connectivity index (χ0) is 19.8. The second kappa shape index (κ2) is 9.68. The molecule has 1 N–H and O–H groups in total. The first kappa shape index (κ1) is 20.4. The Morgan fingerprint density at radius 3 is 2.56 bits per heavy atom. The lowest BCUT2D eigenvalue weighted by Crippen LogP contribution is -2.36. The summed E-state index contributed by atoms with van der Waals surface area (Å²) in [5, 5.41) is 4.95. The normalized spacial score (nSPS) is 10.1. The highest BCUT2D eigenvalue weighted by Gasteiger charge is 2.23. The Morgan fingerprint density at radius 2 is 1.96 bits per heavy atom. The van der Waals surface area contributed by atoms with E-state index >= 15 is 0 Å². The number of ether oxygens (including phenoxy) is 1. The average Bonchev–Trinajstić information content (AvgIpc) is 3.05. The summed E-state index contributed by atoms with van der Waals surface area (Å²) in [5.41, 5.74) is 1.87. The smallest absolute Gasteiger partial charge is 0.341 e. The fourth-order valence-corrected chi connectivity index (χ4v) is 3.46. The van der Waals surface area contributed by atoms with Gasteiger partial charge in [0.05, 0.1) is 6.61 Å². The lowest BCUT2D eigenvalue weighted by Gasteiger charge is -2.18. The molecule has 0 spiro atoms. The number of thiophene rings is 1. The molecule has 2 aromatic rings. The molecule has 0 fully saturated rings. The molecule has 0 bridgehead atoms. The van der Waals surface area contributed by atoms with Gasteiger partial charge in [-0.05, 0) is 12.5 Å². The molecule has 1 heterocycles. The van der Waals surface area contributed by atoms with Crippen molar-refractivity contribution >= 4 is 34.1 Å². The van der Waals surface area contributed by atoms with Crippen molar-refractivity contribution < 1.29 is 19.1 Å². The lowest BCUT2D eigenvalue weighted by atomic mass is 10.0. The number of esters is 1. The predicted octanol–water partition coefficient (Wildman–Crippen LogP) is 3.56. The Hall–Kier alpha value is -2.93. The van der Waals surface area contributed by atoms with E-state index in [4.69, 9.17) is 4.74 Å². The molecule has 142 valence electrons. The van der Waals surface area contributed by atoms with Crippen molar-refractivity contribution in [2.45, 2.75) is 13.8 Å². The van der Waals surface area contributed by atoms with Crippen LogP contribution in [0.2, 0.25) is 0 Å². The summed E-state index contributed by atoms with van der Waals surface area (Å²) in [6, 6.07) is 9.41. The van der Waals surface area contributed by atoms with Crippen LogP contribution in [0.5, 0.6) is 0 Å². The SMILES string of the molecule is C=CCN(CC(=O)Nc1scc(-c2ccccc2)c1C(=O)OCC)C(C)=O. The molecule has 2 rings (SSSR count). The molecular weight excluding hydrogens is 364 g/mol. The van der Waals surface area contributed by atoms with Gasteiger partial charge < -0.3 is 15.0 Å². The molecule has 2 amide bonds. The van der Waals surface area contributed by atoms with Gasteiger partial charge in [-0.15, -0.1) is 17.9 Å². The molecule has 0 unspecified atom stereocenters. The van der Waals surface area contributed by atoms with E-state index in [1.54, 1.807) is 13.0 Å². The van der Waals surface area contributed by atoms with Crippen LogP contribution in [0.25, 0.3) is 11.1 Å². The second-order valence-electron chi connectivity index (χ2n) is 5.68. The number of nitrogens with one attached hydrogen (secondary N) is 1. The van der Waals surface area contributed by atoms with Crippen molar-refractivity contribution in [2.24, 2.45) is 0 Å². The lowest BCUT2D eigenvalue weighted by molar-refractivity contribution is -0.132. The number of hydrogen-bond acceptors (Lipinski definition) is 5. The van der Waals surface area contributed by atoms with Gasteiger partial charge in [-0.1, -0.05) is 36.4 Å². The van der Waals surface area contributed by atoms with Gasteiger partial charge in [-0.3, -0.25) is 9.59 Å².